The fourth-order valence-corrected chi connectivity index (χ4v) is 2.66. The Morgan fingerprint density at radius 2 is 2.00 bits per heavy atom. The predicted molar refractivity (Wildman–Crippen MR) is 84.1 cm³/mol. The third-order valence-corrected chi connectivity index (χ3v) is 3.88. The van der Waals surface area contributed by atoms with Crippen LogP contribution in [0.15, 0.2) is 28.7 Å². The fourth-order valence-electron chi connectivity index (χ4n) is 2.05. The molecule has 6 heteroatoms. The van der Waals surface area contributed by atoms with Crippen molar-refractivity contribution in [3.63, 3.8) is 0 Å². The summed E-state index contributed by atoms with van der Waals surface area (Å²) in [6, 6.07) is 7.32. The number of thiocarbonyl (C=S) groups is 1. The van der Waals surface area contributed by atoms with Gasteiger partial charge in [0.25, 0.3) is 5.91 Å². The summed E-state index contributed by atoms with van der Waals surface area (Å²) in [6.45, 7) is 0.655. The molecule has 2 rings (SSSR count). The SMILES string of the molecule is NCCCC[C@@H]1NC(=S)N(c2ccc(Br)cc2)C1=O. The number of nitrogens with two attached hydrogens (primary N) is 1. The lowest BCUT2D eigenvalue weighted by Crippen LogP contribution is -2.31. The minimum atomic E-state index is -0.220. The summed E-state index contributed by atoms with van der Waals surface area (Å²) < 4.78 is 0.973. The molecule has 1 atom stereocenters. The van der Waals surface area contributed by atoms with Crippen LogP contribution in [0.2, 0.25) is 0 Å². The Morgan fingerprint density at radius 3 is 2.63 bits per heavy atom. The molecular weight excluding hydrogens is 326 g/mol. The molecule has 1 amide bonds. The van der Waals surface area contributed by atoms with E-state index in [9.17, 15) is 4.79 Å². The molecule has 1 aromatic carbocycles. The lowest BCUT2D eigenvalue weighted by molar-refractivity contribution is -0.118. The first-order chi connectivity index (χ1) is 9.13. The largest absolute Gasteiger partial charge is 0.350 e. The van der Waals surface area contributed by atoms with E-state index in [0.717, 1.165) is 29.4 Å². The van der Waals surface area contributed by atoms with E-state index in [0.29, 0.717) is 11.7 Å². The molecule has 0 aromatic heterocycles. The first kappa shape index (κ1) is 14.4. The first-order valence-electron chi connectivity index (χ1n) is 6.23. The van der Waals surface area contributed by atoms with Gasteiger partial charge in [-0.1, -0.05) is 15.9 Å². The van der Waals surface area contributed by atoms with Crippen LogP contribution < -0.4 is 16.0 Å². The molecule has 1 aliphatic rings. The summed E-state index contributed by atoms with van der Waals surface area (Å²) in [5, 5.41) is 3.56. The number of benzene rings is 1. The number of carbonyl (C=O) groups excluding carboxylic acids is 1. The maximum atomic E-state index is 12.3. The van der Waals surface area contributed by atoms with Crippen LogP contribution >= 0.6 is 28.1 Å². The quantitative estimate of drug-likeness (QED) is 0.636. The van der Waals surface area contributed by atoms with Gasteiger partial charge in [-0.2, -0.15) is 0 Å². The highest BCUT2D eigenvalue weighted by molar-refractivity contribution is 9.10. The second-order valence-corrected chi connectivity index (χ2v) is 5.74. The molecule has 0 radical (unpaired) electrons. The van der Waals surface area contributed by atoms with Crippen molar-refractivity contribution in [3.05, 3.63) is 28.7 Å². The van der Waals surface area contributed by atoms with Gasteiger partial charge in [0.15, 0.2) is 5.11 Å². The van der Waals surface area contributed by atoms with Crippen molar-refractivity contribution in [2.45, 2.75) is 25.3 Å². The van der Waals surface area contributed by atoms with Crippen LogP contribution in [0.3, 0.4) is 0 Å². The van der Waals surface area contributed by atoms with Crippen molar-refractivity contribution in [2.24, 2.45) is 5.73 Å². The van der Waals surface area contributed by atoms with Crippen LogP contribution in [0.1, 0.15) is 19.3 Å². The Labute approximate surface area is 126 Å². The van der Waals surface area contributed by atoms with Gasteiger partial charge in [-0.25, -0.2) is 0 Å². The molecule has 1 saturated heterocycles. The predicted octanol–water partition coefficient (Wildman–Crippen LogP) is 2.17. The average Bonchev–Trinajstić information content (AvgIpc) is 2.67. The monoisotopic (exact) mass is 341 g/mol. The molecule has 1 aromatic rings. The number of nitrogens with one attached hydrogen (secondary N) is 1. The number of nitrogens with zero attached hydrogens (tertiary/aromatic N) is 1. The van der Waals surface area contributed by atoms with Crippen molar-refractivity contribution < 1.29 is 4.79 Å². The minimum absolute atomic E-state index is 0.0179. The number of unbranched alkanes of at least 4 members (excludes halogenated alkanes) is 1. The van der Waals surface area contributed by atoms with E-state index in [1.165, 1.54) is 0 Å². The highest BCUT2D eigenvalue weighted by atomic mass is 79.9. The molecule has 0 unspecified atom stereocenters. The van der Waals surface area contributed by atoms with Crippen LogP contribution in [0.5, 0.6) is 0 Å². The van der Waals surface area contributed by atoms with Gasteiger partial charge < -0.3 is 11.1 Å². The van der Waals surface area contributed by atoms with Gasteiger partial charge >= 0.3 is 0 Å². The lowest BCUT2D eigenvalue weighted by Gasteiger charge is -2.14. The van der Waals surface area contributed by atoms with Gasteiger partial charge in [0.1, 0.15) is 6.04 Å². The molecule has 0 aliphatic carbocycles. The second-order valence-electron chi connectivity index (χ2n) is 4.44. The zero-order valence-corrected chi connectivity index (χ0v) is 12.8. The lowest BCUT2D eigenvalue weighted by atomic mass is 10.1. The standard InChI is InChI=1S/C13H16BrN3OS/c14-9-4-6-10(7-5-9)17-12(18)11(16-13(17)19)3-1-2-8-15/h4-7,11H,1-3,8,15H2,(H,16,19)/t11-/m0/s1. The number of hydrogen-bond acceptors (Lipinski definition) is 3. The van der Waals surface area contributed by atoms with Crippen LogP contribution in [0.25, 0.3) is 0 Å². The molecular formula is C13H16BrN3OS. The Balaban J connectivity index is 2.08. The maximum absolute atomic E-state index is 12.3. The van der Waals surface area contributed by atoms with Crippen molar-refractivity contribution in [1.29, 1.82) is 0 Å². The summed E-state index contributed by atoms with van der Waals surface area (Å²) >= 11 is 8.62. The van der Waals surface area contributed by atoms with Crippen LogP contribution in [0.4, 0.5) is 5.69 Å². The summed E-state index contributed by atoms with van der Waals surface area (Å²) in [4.78, 5) is 13.9. The van der Waals surface area contributed by atoms with Crippen molar-refractivity contribution in [2.75, 3.05) is 11.4 Å². The number of carbonyl (C=O) groups is 1. The highest BCUT2D eigenvalue weighted by Crippen LogP contribution is 2.23. The molecule has 1 heterocycles. The van der Waals surface area contributed by atoms with Gasteiger partial charge in [-0.15, -0.1) is 0 Å². The zero-order chi connectivity index (χ0) is 13.8. The average molecular weight is 342 g/mol. The van der Waals surface area contributed by atoms with Gasteiger partial charge in [-0.05, 0) is 62.3 Å². The van der Waals surface area contributed by atoms with E-state index in [2.05, 4.69) is 21.2 Å². The number of hydrogen-bond donors (Lipinski definition) is 2. The summed E-state index contributed by atoms with van der Waals surface area (Å²) in [5.41, 5.74) is 6.26. The van der Waals surface area contributed by atoms with Gasteiger partial charge in [0.05, 0.1) is 5.69 Å². The van der Waals surface area contributed by atoms with Crippen molar-refractivity contribution in [1.82, 2.24) is 5.32 Å². The van der Waals surface area contributed by atoms with E-state index < -0.39 is 0 Å². The fraction of sp³-hybridized carbons (Fsp3) is 0.385. The normalized spacial score (nSPS) is 18.8. The van der Waals surface area contributed by atoms with E-state index in [1.807, 2.05) is 24.3 Å². The summed E-state index contributed by atoms with van der Waals surface area (Å²) in [6.07, 6.45) is 2.62. The van der Waals surface area contributed by atoms with Gasteiger partial charge in [0.2, 0.25) is 0 Å². The van der Waals surface area contributed by atoms with Crippen molar-refractivity contribution >= 4 is 44.9 Å². The molecule has 4 nitrogen and oxygen atoms in total. The van der Waals surface area contributed by atoms with E-state index in [4.69, 9.17) is 18.0 Å². The van der Waals surface area contributed by atoms with Crippen LogP contribution in [0, 0.1) is 0 Å². The Kier molecular flexibility index (Phi) is 4.90. The van der Waals surface area contributed by atoms with E-state index in [1.54, 1.807) is 4.90 Å². The molecule has 1 aliphatic heterocycles. The van der Waals surface area contributed by atoms with Gasteiger partial charge in [-0.3, -0.25) is 9.69 Å². The van der Waals surface area contributed by atoms with E-state index in [-0.39, 0.29) is 11.9 Å². The molecule has 0 spiro atoms. The third-order valence-electron chi connectivity index (χ3n) is 3.05. The molecule has 19 heavy (non-hydrogen) atoms. The maximum Gasteiger partial charge on any atom is 0.255 e. The summed E-state index contributed by atoms with van der Waals surface area (Å²) in [5.74, 6) is 0.0179. The Bertz CT molecular complexity index is 477. The Morgan fingerprint density at radius 1 is 1.32 bits per heavy atom. The molecule has 102 valence electrons. The molecule has 3 N–H and O–H groups in total. The summed E-state index contributed by atoms with van der Waals surface area (Å²) in [7, 11) is 0. The van der Waals surface area contributed by atoms with Crippen LogP contribution in [-0.4, -0.2) is 23.6 Å². The Hall–Kier alpha value is -0.980. The molecule has 0 saturated carbocycles. The number of rotatable bonds is 5. The second kappa shape index (κ2) is 6.45. The molecule has 1 fully saturated rings. The number of halogens is 1. The zero-order valence-electron chi connectivity index (χ0n) is 10.4. The van der Waals surface area contributed by atoms with E-state index >= 15 is 0 Å². The molecule has 0 bridgehead atoms. The van der Waals surface area contributed by atoms with Crippen LogP contribution in [-0.2, 0) is 4.79 Å². The smallest absolute Gasteiger partial charge is 0.255 e. The number of anilines is 1. The highest BCUT2D eigenvalue weighted by Gasteiger charge is 2.35. The third kappa shape index (κ3) is 3.32. The topological polar surface area (TPSA) is 58.4 Å². The van der Waals surface area contributed by atoms with Crippen molar-refractivity contribution in [3.8, 4) is 0 Å². The first-order valence-corrected chi connectivity index (χ1v) is 7.43. The minimum Gasteiger partial charge on any atom is -0.350 e. The number of amides is 1. The van der Waals surface area contributed by atoms with Gasteiger partial charge in [0, 0.05) is 4.47 Å².